The van der Waals surface area contributed by atoms with E-state index in [1.165, 1.54) is 28.0 Å². The number of nitrogens with zero attached hydrogens (tertiary/aromatic N) is 1. The van der Waals surface area contributed by atoms with E-state index in [9.17, 15) is 4.79 Å². The molecule has 6 heteroatoms. The smallest absolute Gasteiger partial charge is 0.270 e. The summed E-state index contributed by atoms with van der Waals surface area (Å²) >= 11 is 1.42. The van der Waals surface area contributed by atoms with Gasteiger partial charge >= 0.3 is 0 Å². The quantitative estimate of drug-likeness (QED) is 0.879. The summed E-state index contributed by atoms with van der Waals surface area (Å²) in [5.74, 6) is -0.136. The lowest BCUT2D eigenvalue weighted by molar-refractivity contribution is 0.0935. The number of aromatic nitrogens is 1. The molecule has 0 spiro atoms. The number of benzene rings is 1. The molecule has 22 heavy (non-hydrogen) atoms. The average molecular weight is 340 g/mol. The molecule has 120 valence electrons. The van der Waals surface area contributed by atoms with Crippen LogP contribution in [0.3, 0.4) is 0 Å². The molecule has 3 N–H and O–H groups in total. The number of carbonyl (C=O) groups is 1. The van der Waals surface area contributed by atoms with E-state index in [0.717, 1.165) is 11.4 Å². The first-order valence-corrected chi connectivity index (χ1v) is 7.89. The van der Waals surface area contributed by atoms with Gasteiger partial charge in [-0.1, -0.05) is 23.8 Å². The number of amides is 1. The summed E-state index contributed by atoms with van der Waals surface area (Å²) in [6.07, 6.45) is 0.811. The Morgan fingerprint density at radius 2 is 2.14 bits per heavy atom. The van der Waals surface area contributed by atoms with E-state index in [1.807, 2.05) is 6.92 Å². The lowest BCUT2D eigenvalue weighted by Gasteiger charge is -2.15. The lowest BCUT2D eigenvalue weighted by Crippen LogP contribution is -2.34. The third-order valence-electron chi connectivity index (χ3n) is 3.36. The van der Waals surface area contributed by atoms with Crippen molar-refractivity contribution >= 4 is 29.7 Å². The van der Waals surface area contributed by atoms with Crippen molar-refractivity contribution in [2.24, 2.45) is 5.73 Å². The number of carbonyl (C=O) groups excluding carboxylic acids is 1. The highest BCUT2D eigenvalue weighted by Crippen LogP contribution is 2.13. The first kappa shape index (κ1) is 18.6. The number of hydrogen-bond acceptors (Lipinski definition) is 4. The fraction of sp³-hybridized carbons (Fsp3) is 0.375. The number of halogens is 1. The zero-order chi connectivity index (χ0) is 15.4. The molecule has 0 aliphatic heterocycles. The fourth-order valence-corrected chi connectivity index (χ4v) is 2.92. The Labute approximate surface area is 141 Å². The van der Waals surface area contributed by atoms with Gasteiger partial charge in [-0.3, -0.25) is 4.79 Å². The maximum absolute atomic E-state index is 12.1. The van der Waals surface area contributed by atoms with E-state index >= 15 is 0 Å². The van der Waals surface area contributed by atoms with Crippen molar-refractivity contribution in [3.63, 3.8) is 0 Å². The molecule has 2 aromatic rings. The molecule has 0 aliphatic rings. The number of nitrogens with one attached hydrogen (secondary N) is 1. The second-order valence-corrected chi connectivity index (χ2v) is 6.28. The average Bonchev–Trinajstić information content (AvgIpc) is 2.91. The standard InChI is InChI=1S/C16H21N3OS.ClH/c1-10-4-5-13(11(2)6-10)7-12(3)18-16(20)14-9-21-15(8-17)19-14;/h4-6,9,12H,7-8,17H2,1-3H3,(H,18,20);1H. The third kappa shape index (κ3) is 4.80. The molecule has 0 aliphatic carbocycles. The van der Waals surface area contributed by atoms with E-state index in [-0.39, 0.29) is 24.4 Å². The summed E-state index contributed by atoms with van der Waals surface area (Å²) in [6, 6.07) is 6.45. The third-order valence-corrected chi connectivity index (χ3v) is 4.23. The van der Waals surface area contributed by atoms with Crippen molar-refractivity contribution < 1.29 is 4.79 Å². The van der Waals surface area contributed by atoms with Gasteiger partial charge in [0.2, 0.25) is 0 Å². The van der Waals surface area contributed by atoms with Gasteiger partial charge in [-0.2, -0.15) is 0 Å². The van der Waals surface area contributed by atoms with Crippen molar-refractivity contribution in [1.29, 1.82) is 0 Å². The van der Waals surface area contributed by atoms with E-state index in [2.05, 4.69) is 42.3 Å². The Bertz CT molecular complexity index is 642. The molecular weight excluding hydrogens is 318 g/mol. The zero-order valence-corrected chi connectivity index (χ0v) is 14.7. The molecule has 4 nitrogen and oxygen atoms in total. The van der Waals surface area contributed by atoms with Crippen LogP contribution >= 0.6 is 23.7 Å². The largest absolute Gasteiger partial charge is 0.348 e. The Kier molecular flexibility index (Phi) is 7.00. The molecule has 1 aromatic carbocycles. The maximum atomic E-state index is 12.1. The van der Waals surface area contributed by atoms with Crippen molar-refractivity contribution in [1.82, 2.24) is 10.3 Å². The van der Waals surface area contributed by atoms with E-state index in [0.29, 0.717) is 12.2 Å². The summed E-state index contributed by atoms with van der Waals surface area (Å²) in [7, 11) is 0. The molecule has 1 atom stereocenters. The summed E-state index contributed by atoms with van der Waals surface area (Å²) in [5, 5.41) is 5.52. The van der Waals surface area contributed by atoms with Crippen LogP contribution in [-0.2, 0) is 13.0 Å². The summed E-state index contributed by atoms with van der Waals surface area (Å²) in [5.41, 5.74) is 9.74. The second-order valence-electron chi connectivity index (χ2n) is 5.34. The molecule has 1 aromatic heterocycles. The summed E-state index contributed by atoms with van der Waals surface area (Å²) in [4.78, 5) is 16.3. The minimum Gasteiger partial charge on any atom is -0.348 e. The van der Waals surface area contributed by atoms with Crippen LogP contribution in [0.1, 0.15) is 39.1 Å². The molecule has 1 unspecified atom stereocenters. The van der Waals surface area contributed by atoms with Gasteiger partial charge < -0.3 is 11.1 Å². The summed E-state index contributed by atoms with van der Waals surface area (Å²) < 4.78 is 0. The van der Waals surface area contributed by atoms with Crippen molar-refractivity contribution in [3.8, 4) is 0 Å². The maximum Gasteiger partial charge on any atom is 0.270 e. The van der Waals surface area contributed by atoms with Gasteiger partial charge in [0.1, 0.15) is 10.7 Å². The molecule has 0 bridgehead atoms. The first-order valence-electron chi connectivity index (χ1n) is 7.01. The normalized spacial score (nSPS) is 11.6. The number of thiazole rings is 1. The van der Waals surface area contributed by atoms with Gasteiger partial charge in [-0.15, -0.1) is 23.7 Å². The fourth-order valence-electron chi connectivity index (χ4n) is 2.26. The molecule has 0 fully saturated rings. The van der Waals surface area contributed by atoms with Crippen LogP contribution in [0.4, 0.5) is 0 Å². The van der Waals surface area contributed by atoms with Gasteiger partial charge in [0.25, 0.3) is 5.91 Å². The number of aryl methyl sites for hydroxylation is 2. The SMILES string of the molecule is Cc1ccc(CC(C)NC(=O)c2csc(CN)n2)c(C)c1.Cl. The van der Waals surface area contributed by atoms with Crippen LogP contribution in [0.2, 0.25) is 0 Å². The van der Waals surface area contributed by atoms with Crippen LogP contribution < -0.4 is 11.1 Å². The van der Waals surface area contributed by atoms with Crippen molar-refractivity contribution in [2.45, 2.75) is 39.8 Å². The van der Waals surface area contributed by atoms with E-state index in [4.69, 9.17) is 5.73 Å². The van der Waals surface area contributed by atoms with Crippen LogP contribution in [0.5, 0.6) is 0 Å². The van der Waals surface area contributed by atoms with Gasteiger partial charge in [-0.05, 0) is 38.3 Å². The van der Waals surface area contributed by atoms with Crippen LogP contribution in [0, 0.1) is 13.8 Å². The Balaban J connectivity index is 0.00000242. The highest BCUT2D eigenvalue weighted by Gasteiger charge is 2.14. The minimum absolute atomic E-state index is 0. The highest BCUT2D eigenvalue weighted by atomic mass is 35.5. The predicted molar refractivity (Wildman–Crippen MR) is 93.8 cm³/mol. The highest BCUT2D eigenvalue weighted by molar-refractivity contribution is 7.09. The van der Waals surface area contributed by atoms with E-state index in [1.54, 1.807) is 5.38 Å². The van der Waals surface area contributed by atoms with Crippen LogP contribution in [0.15, 0.2) is 23.6 Å². The second kappa shape index (κ2) is 8.27. The van der Waals surface area contributed by atoms with Crippen LogP contribution in [0.25, 0.3) is 0 Å². The monoisotopic (exact) mass is 339 g/mol. The Morgan fingerprint density at radius 1 is 1.41 bits per heavy atom. The Hall–Kier alpha value is -1.43. The molecule has 0 saturated heterocycles. The molecule has 2 rings (SSSR count). The lowest BCUT2D eigenvalue weighted by atomic mass is 10.00. The van der Waals surface area contributed by atoms with Gasteiger partial charge in [-0.25, -0.2) is 4.98 Å². The number of nitrogens with two attached hydrogens (primary N) is 1. The van der Waals surface area contributed by atoms with E-state index < -0.39 is 0 Å². The first-order chi connectivity index (χ1) is 9.99. The summed E-state index contributed by atoms with van der Waals surface area (Å²) in [6.45, 7) is 6.56. The topological polar surface area (TPSA) is 68.0 Å². The van der Waals surface area contributed by atoms with Gasteiger partial charge in [0.05, 0.1) is 0 Å². The van der Waals surface area contributed by atoms with Gasteiger partial charge in [0.15, 0.2) is 0 Å². The molecule has 0 radical (unpaired) electrons. The number of rotatable bonds is 5. The molecule has 1 amide bonds. The molecule has 1 heterocycles. The predicted octanol–water partition coefficient (Wildman–Crippen LogP) is 3.00. The number of hydrogen-bond donors (Lipinski definition) is 2. The Morgan fingerprint density at radius 3 is 2.73 bits per heavy atom. The van der Waals surface area contributed by atoms with Crippen molar-refractivity contribution in [2.75, 3.05) is 0 Å². The van der Waals surface area contributed by atoms with Crippen LogP contribution in [-0.4, -0.2) is 16.9 Å². The zero-order valence-electron chi connectivity index (χ0n) is 13.1. The van der Waals surface area contributed by atoms with Crippen molar-refractivity contribution in [3.05, 3.63) is 51.0 Å². The minimum atomic E-state index is -0.136. The van der Waals surface area contributed by atoms with Gasteiger partial charge in [0, 0.05) is 18.0 Å². The molecule has 0 saturated carbocycles. The molecular formula is C16H22ClN3OS.